The number of ether oxygens (including phenoxy) is 1. The van der Waals surface area contributed by atoms with E-state index in [0.717, 1.165) is 22.0 Å². The topological polar surface area (TPSA) is 31.2 Å². The summed E-state index contributed by atoms with van der Waals surface area (Å²) in [6.45, 7) is 4.29. The highest BCUT2D eigenvalue weighted by molar-refractivity contribution is 5.92. The van der Waals surface area contributed by atoms with Crippen LogP contribution in [0.4, 0.5) is 0 Å². The third kappa shape index (κ3) is 2.87. The van der Waals surface area contributed by atoms with Crippen molar-refractivity contribution in [2.45, 2.75) is 19.8 Å². The first-order chi connectivity index (χ1) is 11.1. The van der Waals surface area contributed by atoms with Gasteiger partial charge >= 0.3 is 5.97 Å². The van der Waals surface area contributed by atoms with Crippen molar-refractivity contribution in [1.29, 1.82) is 0 Å². The van der Waals surface area contributed by atoms with Crippen LogP contribution in [0.5, 0.6) is 0 Å². The number of hydrogen-bond donors (Lipinski definition) is 0. The summed E-state index contributed by atoms with van der Waals surface area (Å²) in [5, 5.41) is 1.11. The van der Waals surface area contributed by atoms with Gasteiger partial charge in [-0.1, -0.05) is 42.0 Å². The van der Waals surface area contributed by atoms with Gasteiger partial charge in [0.2, 0.25) is 0 Å². The Balaban J connectivity index is 2.21. The van der Waals surface area contributed by atoms with Crippen LogP contribution in [0.25, 0.3) is 10.9 Å². The van der Waals surface area contributed by atoms with E-state index in [-0.39, 0.29) is 5.97 Å². The molecule has 1 aromatic heterocycles. The molecule has 118 valence electrons. The molecule has 0 aliphatic carbocycles. The van der Waals surface area contributed by atoms with Crippen molar-refractivity contribution in [3.05, 3.63) is 71.4 Å². The Bertz CT molecular complexity index is 833. The van der Waals surface area contributed by atoms with Crippen molar-refractivity contribution in [3.63, 3.8) is 0 Å². The molecule has 2 aromatic carbocycles. The number of aryl methyl sites for hydroxylation is 2. The molecule has 0 radical (unpaired) electrons. The van der Waals surface area contributed by atoms with Crippen LogP contribution in [0, 0.1) is 6.92 Å². The first kappa shape index (κ1) is 15.3. The summed E-state index contributed by atoms with van der Waals surface area (Å²) >= 11 is 0. The largest absolute Gasteiger partial charge is 0.465 e. The van der Waals surface area contributed by atoms with Crippen LogP contribution in [0.2, 0.25) is 0 Å². The molecule has 0 N–H and O–H groups in total. The molecule has 1 heterocycles. The number of fused-ring (bicyclic) bond motifs is 1. The van der Waals surface area contributed by atoms with Gasteiger partial charge < -0.3 is 9.30 Å². The van der Waals surface area contributed by atoms with Gasteiger partial charge in [0, 0.05) is 24.1 Å². The average molecular weight is 307 g/mol. The van der Waals surface area contributed by atoms with E-state index >= 15 is 0 Å². The molecule has 0 saturated heterocycles. The smallest absolute Gasteiger partial charge is 0.317 e. The second kappa shape index (κ2) is 6.29. The van der Waals surface area contributed by atoms with Gasteiger partial charge in [-0.05, 0) is 37.1 Å². The van der Waals surface area contributed by atoms with Gasteiger partial charge in [-0.25, -0.2) is 0 Å². The molecule has 0 fully saturated rings. The molecule has 0 aliphatic heterocycles. The summed E-state index contributed by atoms with van der Waals surface area (Å²) in [4.78, 5) is 12.7. The molecular formula is C20H21NO2. The fourth-order valence-corrected chi connectivity index (χ4v) is 3.08. The van der Waals surface area contributed by atoms with Gasteiger partial charge in [0.05, 0.1) is 6.61 Å². The second-order valence-corrected chi connectivity index (χ2v) is 5.81. The zero-order chi connectivity index (χ0) is 16.4. The van der Waals surface area contributed by atoms with Crippen molar-refractivity contribution in [2.24, 2.45) is 7.05 Å². The number of aromatic nitrogens is 1. The lowest BCUT2D eigenvalue weighted by molar-refractivity contribution is -0.143. The minimum absolute atomic E-state index is 0.201. The Hall–Kier alpha value is -2.55. The zero-order valence-corrected chi connectivity index (χ0v) is 13.7. The monoisotopic (exact) mass is 307 g/mol. The number of benzene rings is 2. The van der Waals surface area contributed by atoms with E-state index in [1.165, 1.54) is 5.56 Å². The summed E-state index contributed by atoms with van der Waals surface area (Å²) in [6.07, 6.45) is 2.04. The van der Waals surface area contributed by atoms with Gasteiger partial charge in [-0.15, -0.1) is 0 Å². The molecule has 1 unspecified atom stereocenters. The molecule has 0 aliphatic rings. The molecule has 0 spiro atoms. The normalized spacial score (nSPS) is 12.3. The number of rotatable bonds is 4. The fraction of sp³-hybridized carbons (Fsp3) is 0.250. The van der Waals surface area contributed by atoms with Gasteiger partial charge in [0.25, 0.3) is 0 Å². The van der Waals surface area contributed by atoms with E-state index in [9.17, 15) is 4.79 Å². The maximum Gasteiger partial charge on any atom is 0.317 e. The van der Waals surface area contributed by atoms with Crippen LogP contribution in [0.15, 0.2) is 54.7 Å². The van der Waals surface area contributed by atoms with Gasteiger partial charge in [-0.3, -0.25) is 4.79 Å². The Labute approximate surface area is 136 Å². The molecular weight excluding hydrogens is 286 g/mol. The van der Waals surface area contributed by atoms with E-state index in [1.807, 2.05) is 50.5 Å². The predicted octanol–water partition coefficient (Wildman–Crippen LogP) is 4.18. The summed E-state index contributed by atoms with van der Waals surface area (Å²) in [7, 11) is 2.01. The van der Waals surface area contributed by atoms with Gasteiger partial charge in [0.1, 0.15) is 5.92 Å². The van der Waals surface area contributed by atoms with E-state index in [4.69, 9.17) is 4.74 Å². The van der Waals surface area contributed by atoms with Gasteiger partial charge in [-0.2, -0.15) is 0 Å². The summed E-state index contributed by atoms with van der Waals surface area (Å²) < 4.78 is 7.42. The van der Waals surface area contributed by atoms with Crippen LogP contribution >= 0.6 is 0 Å². The van der Waals surface area contributed by atoms with Gasteiger partial charge in [0.15, 0.2) is 0 Å². The maximum absolute atomic E-state index is 12.7. The quantitative estimate of drug-likeness (QED) is 0.677. The van der Waals surface area contributed by atoms with Crippen molar-refractivity contribution < 1.29 is 9.53 Å². The SMILES string of the molecule is CCOC(=O)C(c1ccccc1)c1cn(C)c2ccc(C)cc12. The Kier molecular flexibility index (Phi) is 4.20. The molecule has 23 heavy (non-hydrogen) atoms. The van der Waals surface area contributed by atoms with Crippen molar-refractivity contribution >= 4 is 16.9 Å². The number of esters is 1. The minimum Gasteiger partial charge on any atom is -0.465 e. The number of nitrogens with zero attached hydrogens (tertiary/aromatic N) is 1. The standard InChI is InChI=1S/C20H21NO2/c1-4-23-20(22)19(15-8-6-5-7-9-15)17-13-21(3)18-11-10-14(2)12-16(17)18/h5-13,19H,4H2,1-3H3. The zero-order valence-electron chi connectivity index (χ0n) is 13.7. The first-order valence-corrected chi connectivity index (χ1v) is 7.89. The molecule has 3 nitrogen and oxygen atoms in total. The lowest BCUT2D eigenvalue weighted by Gasteiger charge is -2.16. The minimum atomic E-state index is -0.401. The molecule has 0 amide bonds. The third-order valence-electron chi connectivity index (χ3n) is 4.14. The summed E-state index contributed by atoms with van der Waals surface area (Å²) in [5.41, 5.74) is 4.26. The van der Waals surface area contributed by atoms with Crippen LogP contribution in [0.3, 0.4) is 0 Å². The molecule has 3 aromatic rings. The van der Waals surface area contributed by atoms with E-state index < -0.39 is 5.92 Å². The van der Waals surface area contributed by atoms with Crippen molar-refractivity contribution in [1.82, 2.24) is 4.57 Å². The second-order valence-electron chi connectivity index (χ2n) is 5.81. The van der Waals surface area contributed by atoms with Crippen LogP contribution in [0.1, 0.15) is 29.5 Å². The predicted molar refractivity (Wildman–Crippen MR) is 92.6 cm³/mol. The van der Waals surface area contributed by atoms with Crippen LogP contribution < -0.4 is 0 Å². The Morgan fingerprint density at radius 2 is 1.91 bits per heavy atom. The molecule has 1 atom stereocenters. The lowest BCUT2D eigenvalue weighted by atomic mass is 9.91. The summed E-state index contributed by atoms with van der Waals surface area (Å²) in [5.74, 6) is -0.602. The number of carbonyl (C=O) groups excluding carboxylic acids is 1. The van der Waals surface area contributed by atoms with E-state index in [2.05, 4.69) is 29.7 Å². The lowest BCUT2D eigenvalue weighted by Crippen LogP contribution is -2.17. The van der Waals surface area contributed by atoms with Crippen LogP contribution in [-0.4, -0.2) is 17.1 Å². The highest BCUT2D eigenvalue weighted by atomic mass is 16.5. The molecule has 3 heteroatoms. The van der Waals surface area contributed by atoms with Crippen molar-refractivity contribution in [3.8, 4) is 0 Å². The highest BCUT2D eigenvalue weighted by Crippen LogP contribution is 2.33. The first-order valence-electron chi connectivity index (χ1n) is 7.89. The third-order valence-corrected chi connectivity index (χ3v) is 4.14. The number of hydrogen-bond acceptors (Lipinski definition) is 2. The molecule has 3 rings (SSSR count). The maximum atomic E-state index is 12.7. The number of carbonyl (C=O) groups is 1. The fourth-order valence-electron chi connectivity index (χ4n) is 3.08. The molecule has 0 bridgehead atoms. The van der Waals surface area contributed by atoms with Crippen LogP contribution in [-0.2, 0) is 16.6 Å². The Morgan fingerprint density at radius 1 is 1.17 bits per heavy atom. The van der Waals surface area contributed by atoms with E-state index in [0.29, 0.717) is 6.61 Å². The average Bonchev–Trinajstić information content (AvgIpc) is 2.85. The molecule has 0 saturated carbocycles. The van der Waals surface area contributed by atoms with Crippen molar-refractivity contribution in [2.75, 3.05) is 6.61 Å². The highest BCUT2D eigenvalue weighted by Gasteiger charge is 2.27. The van der Waals surface area contributed by atoms with E-state index in [1.54, 1.807) is 0 Å². The Morgan fingerprint density at radius 3 is 2.61 bits per heavy atom. The summed E-state index contributed by atoms with van der Waals surface area (Å²) in [6, 6.07) is 16.2.